The first kappa shape index (κ1) is 25.2. The van der Waals surface area contributed by atoms with Gasteiger partial charge < -0.3 is 9.88 Å². The SMILES string of the molecule is Cc1[nH]c(C(=O)N(C)c2cc(-c3cnc(C(F)(F)F)nc3)ncc2C(F)F)c(C(C)(C)C)c1F. The molecule has 0 radical (unpaired) electrons. The summed E-state index contributed by atoms with van der Waals surface area (Å²) in [4.78, 5) is 27.2. The predicted octanol–water partition coefficient (Wildman–Crippen LogP) is 5.84. The van der Waals surface area contributed by atoms with Crippen LogP contribution in [0.25, 0.3) is 11.3 Å². The number of hydrogen-bond donors (Lipinski definition) is 1. The monoisotopic (exact) mass is 485 g/mol. The Hall–Kier alpha value is -3.44. The average molecular weight is 485 g/mol. The molecule has 3 aromatic heterocycles. The molecule has 3 aromatic rings. The summed E-state index contributed by atoms with van der Waals surface area (Å²) in [7, 11) is 1.23. The van der Waals surface area contributed by atoms with Gasteiger partial charge in [0, 0.05) is 42.5 Å². The molecule has 0 aromatic carbocycles. The van der Waals surface area contributed by atoms with E-state index >= 15 is 0 Å². The Balaban J connectivity index is 2.09. The average Bonchev–Trinajstić information content (AvgIpc) is 3.06. The lowest BCUT2D eigenvalue weighted by molar-refractivity contribution is -0.145. The highest BCUT2D eigenvalue weighted by molar-refractivity contribution is 6.06. The van der Waals surface area contributed by atoms with Gasteiger partial charge in [-0.3, -0.25) is 9.78 Å². The zero-order valence-electron chi connectivity index (χ0n) is 18.9. The van der Waals surface area contributed by atoms with Crippen LogP contribution in [0.1, 0.15) is 60.3 Å². The molecule has 0 atom stereocenters. The summed E-state index contributed by atoms with van der Waals surface area (Å²) >= 11 is 0. The van der Waals surface area contributed by atoms with E-state index in [9.17, 15) is 31.1 Å². The van der Waals surface area contributed by atoms with Gasteiger partial charge in [-0.2, -0.15) is 13.2 Å². The van der Waals surface area contributed by atoms with Crippen molar-refractivity contribution in [2.24, 2.45) is 0 Å². The number of pyridine rings is 1. The maximum absolute atomic E-state index is 14.7. The number of nitrogens with zero attached hydrogens (tertiary/aromatic N) is 4. The Kier molecular flexibility index (Phi) is 6.47. The summed E-state index contributed by atoms with van der Waals surface area (Å²) in [5.74, 6) is -2.75. The van der Waals surface area contributed by atoms with Gasteiger partial charge in [0.1, 0.15) is 11.5 Å². The number of carbonyl (C=O) groups is 1. The van der Waals surface area contributed by atoms with Crippen LogP contribution in [0.4, 0.5) is 32.0 Å². The highest BCUT2D eigenvalue weighted by atomic mass is 19.4. The molecule has 6 nitrogen and oxygen atoms in total. The maximum Gasteiger partial charge on any atom is 0.451 e. The van der Waals surface area contributed by atoms with Crippen LogP contribution in [-0.4, -0.2) is 32.9 Å². The molecule has 3 rings (SSSR count). The molecule has 34 heavy (non-hydrogen) atoms. The van der Waals surface area contributed by atoms with E-state index in [2.05, 4.69) is 19.9 Å². The molecule has 0 saturated heterocycles. The van der Waals surface area contributed by atoms with Gasteiger partial charge in [0.2, 0.25) is 5.82 Å². The van der Waals surface area contributed by atoms with Gasteiger partial charge in [0.05, 0.1) is 16.9 Å². The van der Waals surface area contributed by atoms with Gasteiger partial charge >= 0.3 is 6.18 Å². The van der Waals surface area contributed by atoms with E-state index in [0.717, 1.165) is 29.6 Å². The molecular weight excluding hydrogens is 464 g/mol. The minimum Gasteiger partial charge on any atom is -0.352 e. The number of alkyl halides is 5. The molecule has 0 saturated carbocycles. The van der Waals surface area contributed by atoms with Gasteiger partial charge in [-0.25, -0.2) is 23.1 Å². The van der Waals surface area contributed by atoms with Crippen LogP contribution in [0.2, 0.25) is 0 Å². The smallest absolute Gasteiger partial charge is 0.352 e. The van der Waals surface area contributed by atoms with E-state index in [1.54, 1.807) is 20.8 Å². The number of aryl methyl sites for hydroxylation is 1. The number of anilines is 1. The standard InChI is InChI=1S/C22H21F6N5O/c1-10-16(23)15(21(2,3)4)17(32-10)19(34)33(5)14-6-13(29-9-12(14)18(24)25)11-7-30-20(31-8-11)22(26,27)28/h6-9,18,32H,1-5H3. The second-order valence-electron chi connectivity index (χ2n) is 8.65. The van der Waals surface area contributed by atoms with E-state index in [1.807, 2.05) is 0 Å². The summed E-state index contributed by atoms with van der Waals surface area (Å²) < 4.78 is 80.4. The van der Waals surface area contributed by atoms with Crippen molar-refractivity contribution in [1.82, 2.24) is 19.9 Å². The van der Waals surface area contributed by atoms with Crippen molar-refractivity contribution in [3.63, 3.8) is 0 Å². The number of amides is 1. The fourth-order valence-electron chi connectivity index (χ4n) is 3.42. The van der Waals surface area contributed by atoms with Crippen LogP contribution in [-0.2, 0) is 11.6 Å². The minimum atomic E-state index is -4.75. The van der Waals surface area contributed by atoms with Crippen molar-refractivity contribution in [3.8, 4) is 11.3 Å². The normalized spacial score (nSPS) is 12.4. The molecule has 3 heterocycles. The lowest BCUT2D eigenvalue weighted by atomic mass is 9.86. The number of H-pyrrole nitrogens is 1. The number of nitrogens with one attached hydrogen (secondary N) is 1. The minimum absolute atomic E-state index is 0.0214. The number of halogens is 6. The third-order valence-electron chi connectivity index (χ3n) is 5.09. The second kappa shape index (κ2) is 8.73. The third-order valence-corrected chi connectivity index (χ3v) is 5.09. The van der Waals surface area contributed by atoms with Crippen molar-refractivity contribution in [3.05, 3.63) is 58.8 Å². The Morgan fingerprint density at radius 3 is 2.15 bits per heavy atom. The summed E-state index contributed by atoms with van der Waals surface area (Å²) in [5, 5.41) is 0. The van der Waals surface area contributed by atoms with Crippen molar-refractivity contribution < 1.29 is 31.1 Å². The fraction of sp³-hybridized carbons (Fsp3) is 0.364. The van der Waals surface area contributed by atoms with Crippen LogP contribution in [0.3, 0.4) is 0 Å². The quantitative estimate of drug-likeness (QED) is 0.471. The predicted molar refractivity (Wildman–Crippen MR) is 112 cm³/mol. The molecule has 0 aliphatic heterocycles. The molecule has 0 unspecified atom stereocenters. The van der Waals surface area contributed by atoms with Gasteiger partial charge in [-0.05, 0) is 18.4 Å². The van der Waals surface area contributed by atoms with Crippen molar-refractivity contribution in [2.45, 2.75) is 45.7 Å². The molecule has 0 bridgehead atoms. The van der Waals surface area contributed by atoms with Crippen molar-refractivity contribution in [1.29, 1.82) is 0 Å². The lowest BCUT2D eigenvalue weighted by Gasteiger charge is -2.24. The molecular formula is C22H21F6N5O. The molecule has 12 heteroatoms. The van der Waals surface area contributed by atoms with Crippen LogP contribution in [0, 0.1) is 12.7 Å². The largest absolute Gasteiger partial charge is 0.451 e. The highest BCUT2D eigenvalue weighted by Crippen LogP contribution is 2.35. The summed E-state index contributed by atoms with van der Waals surface area (Å²) in [5.41, 5.74) is -1.50. The van der Waals surface area contributed by atoms with Crippen molar-refractivity contribution in [2.75, 3.05) is 11.9 Å². The number of aromatic nitrogens is 4. The molecule has 0 fully saturated rings. The molecule has 0 aliphatic carbocycles. The Morgan fingerprint density at radius 2 is 1.65 bits per heavy atom. The lowest BCUT2D eigenvalue weighted by Crippen LogP contribution is -2.30. The highest BCUT2D eigenvalue weighted by Gasteiger charge is 2.35. The van der Waals surface area contributed by atoms with E-state index in [-0.39, 0.29) is 33.9 Å². The molecule has 182 valence electrons. The maximum atomic E-state index is 14.7. The van der Waals surface area contributed by atoms with E-state index < -0.39 is 41.1 Å². The molecule has 0 aliphatic rings. The Bertz CT molecular complexity index is 1210. The van der Waals surface area contributed by atoms with Gasteiger partial charge in [0.25, 0.3) is 12.3 Å². The van der Waals surface area contributed by atoms with E-state index in [0.29, 0.717) is 0 Å². The topological polar surface area (TPSA) is 74.8 Å². The van der Waals surface area contributed by atoms with E-state index in [4.69, 9.17) is 0 Å². The van der Waals surface area contributed by atoms with Gasteiger partial charge in [0.15, 0.2) is 0 Å². The fourth-order valence-corrected chi connectivity index (χ4v) is 3.42. The van der Waals surface area contributed by atoms with Crippen LogP contribution >= 0.6 is 0 Å². The number of hydrogen-bond acceptors (Lipinski definition) is 4. The first-order chi connectivity index (χ1) is 15.6. The third kappa shape index (κ3) is 4.75. The Morgan fingerprint density at radius 1 is 1.06 bits per heavy atom. The number of rotatable bonds is 4. The van der Waals surface area contributed by atoms with E-state index in [1.165, 1.54) is 14.0 Å². The molecule has 1 amide bonds. The van der Waals surface area contributed by atoms with Gasteiger partial charge in [-0.1, -0.05) is 20.8 Å². The zero-order valence-corrected chi connectivity index (χ0v) is 18.9. The Labute approximate surface area is 191 Å². The zero-order chi connectivity index (χ0) is 25.6. The van der Waals surface area contributed by atoms with Crippen LogP contribution < -0.4 is 4.90 Å². The van der Waals surface area contributed by atoms with Crippen LogP contribution in [0.15, 0.2) is 24.7 Å². The molecule has 1 N–H and O–H groups in total. The summed E-state index contributed by atoms with van der Waals surface area (Å²) in [6.45, 7) is 6.56. The first-order valence-electron chi connectivity index (χ1n) is 9.97. The molecule has 0 spiro atoms. The first-order valence-corrected chi connectivity index (χ1v) is 9.97. The summed E-state index contributed by atoms with van der Waals surface area (Å²) in [6.07, 6.45) is -5.24. The van der Waals surface area contributed by atoms with Gasteiger partial charge in [-0.15, -0.1) is 0 Å². The number of carbonyl (C=O) groups excluding carboxylic acids is 1. The number of aromatic amines is 1. The van der Waals surface area contributed by atoms with Crippen LogP contribution in [0.5, 0.6) is 0 Å². The van der Waals surface area contributed by atoms with Crippen molar-refractivity contribution >= 4 is 11.6 Å². The summed E-state index contributed by atoms with van der Waals surface area (Å²) in [6, 6.07) is 1.12. The second-order valence-corrected chi connectivity index (χ2v) is 8.65.